The minimum Gasteiger partial charge on any atom is -0.445 e. The molecular weight excluding hydrogens is 130 g/mol. The molecule has 3 heteroatoms. The van der Waals surface area contributed by atoms with Crippen LogP contribution < -0.4 is 5.32 Å². The van der Waals surface area contributed by atoms with Crippen molar-refractivity contribution in [1.29, 1.82) is 0 Å². The summed E-state index contributed by atoms with van der Waals surface area (Å²) in [6.45, 7) is 7.75. The Bertz CT molecular complexity index is 123. The Balaban J connectivity index is 0.000000236. The normalized spacial score (nSPS) is 21.8. The summed E-state index contributed by atoms with van der Waals surface area (Å²) in [6, 6.07) is 0. The van der Waals surface area contributed by atoms with E-state index in [0.717, 1.165) is 0 Å². The second-order valence-corrected chi connectivity index (χ2v) is 2.01. The van der Waals surface area contributed by atoms with Crippen LogP contribution in [0.2, 0.25) is 0 Å². The number of hydrogen-bond acceptors (Lipinski definition) is 2. The van der Waals surface area contributed by atoms with Crippen molar-refractivity contribution >= 4 is 6.09 Å². The summed E-state index contributed by atoms with van der Waals surface area (Å²) >= 11 is 0. The minimum absolute atomic E-state index is 0.0625. The molecule has 1 fully saturated rings. The van der Waals surface area contributed by atoms with Crippen molar-refractivity contribution in [1.82, 2.24) is 5.32 Å². The van der Waals surface area contributed by atoms with Crippen molar-refractivity contribution in [2.24, 2.45) is 0 Å². The molecule has 0 spiro atoms. The maximum absolute atomic E-state index is 10.1. The number of alkyl carbamates (subject to hydrolysis) is 1. The molecule has 0 radical (unpaired) electrons. The van der Waals surface area contributed by atoms with Crippen LogP contribution in [-0.2, 0) is 4.74 Å². The molecule has 1 saturated heterocycles. The summed E-state index contributed by atoms with van der Waals surface area (Å²) in [5.74, 6) is 0. The average molecular weight is 143 g/mol. The van der Waals surface area contributed by atoms with Gasteiger partial charge in [0.05, 0.1) is 6.54 Å². The van der Waals surface area contributed by atoms with Gasteiger partial charge in [-0.15, -0.1) is 6.58 Å². The number of cyclic esters (lactones) is 1. The lowest BCUT2D eigenvalue weighted by molar-refractivity contribution is 0.148. The summed E-state index contributed by atoms with van der Waals surface area (Å²) in [7, 11) is 0. The Morgan fingerprint density at radius 2 is 2.40 bits per heavy atom. The summed E-state index contributed by atoms with van der Waals surface area (Å²) in [4.78, 5) is 10.1. The van der Waals surface area contributed by atoms with Gasteiger partial charge in [0.2, 0.25) is 0 Å². The molecule has 3 nitrogen and oxygen atoms in total. The summed E-state index contributed by atoms with van der Waals surface area (Å²) in [5, 5.41) is 2.51. The van der Waals surface area contributed by atoms with Crippen LogP contribution in [0.25, 0.3) is 0 Å². The molecule has 1 N–H and O–H groups in total. The zero-order valence-corrected chi connectivity index (χ0v) is 6.39. The smallest absolute Gasteiger partial charge is 0.407 e. The first-order chi connectivity index (χ1) is 4.70. The average Bonchev–Trinajstić information content (AvgIpc) is 2.17. The molecule has 58 valence electrons. The summed E-state index contributed by atoms with van der Waals surface area (Å²) in [6.07, 6.45) is 1.51. The van der Waals surface area contributed by atoms with Gasteiger partial charge in [-0.25, -0.2) is 4.79 Å². The molecule has 1 heterocycles. The lowest BCUT2D eigenvalue weighted by Crippen LogP contribution is -2.12. The van der Waals surface area contributed by atoms with Crippen LogP contribution in [0.15, 0.2) is 12.7 Å². The molecule has 0 saturated carbocycles. The zero-order chi connectivity index (χ0) is 7.98. The molecule has 10 heavy (non-hydrogen) atoms. The van der Waals surface area contributed by atoms with Crippen molar-refractivity contribution < 1.29 is 9.53 Å². The van der Waals surface area contributed by atoms with Gasteiger partial charge in [-0.05, 0) is 13.8 Å². The lowest BCUT2D eigenvalue weighted by Gasteiger charge is -1.92. The first-order valence-electron chi connectivity index (χ1n) is 3.22. The number of amides is 1. The van der Waals surface area contributed by atoms with Crippen LogP contribution in [0.3, 0.4) is 0 Å². The molecule has 1 rings (SSSR count). The van der Waals surface area contributed by atoms with Crippen LogP contribution >= 0.6 is 0 Å². The topological polar surface area (TPSA) is 38.3 Å². The van der Waals surface area contributed by atoms with E-state index < -0.39 is 0 Å². The van der Waals surface area contributed by atoms with Crippen LogP contribution in [0.4, 0.5) is 4.79 Å². The van der Waals surface area contributed by atoms with Gasteiger partial charge >= 0.3 is 6.09 Å². The van der Waals surface area contributed by atoms with Crippen LogP contribution in [0.1, 0.15) is 13.8 Å². The third-order valence-electron chi connectivity index (χ3n) is 0.842. The first-order valence-corrected chi connectivity index (χ1v) is 3.22. The van der Waals surface area contributed by atoms with E-state index in [1.54, 1.807) is 6.08 Å². The number of rotatable bonds is 0. The summed E-state index contributed by atoms with van der Waals surface area (Å²) in [5.41, 5.74) is 0. The largest absolute Gasteiger partial charge is 0.445 e. The van der Waals surface area contributed by atoms with Crippen molar-refractivity contribution in [2.75, 3.05) is 6.54 Å². The monoisotopic (exact) mass is 143 g/mol. The minimum atomic E-state index is -0.299. The van der Waals surface area contributed by atoms with E-state index >= 15 is 0 Å². The van der Waals surface area contributed by atoms with E-state index in [9.17, 15) is 4.79 Å². The Hall–Kier alpha value is -0.990. The third kappa shape index (κ3) is 3.95. The zero-order valence-electron chi connectivity index (χ0n) is 6.39. The second-order valence-electron chi connectivity index (χ2n) is 2.01. The molecule has 1 amide bonds. The molecule has 0 aliphatic carbocycles. The number of ether oxygens (including phenoxy) is 1. The molecule has 0 bridgehead atoms. The van der Waals surface area contributed by atoms with Crippen molar-refractivity contribution in [3.05, 3.63) is 12.7 Å². The first kappa shape index (κ1) is 9.01. The van der Waals surface area contributed by atoms with E-state index in [0.29, 0.717) is 6.54 Å². The molecule has 1 aliphatic rings. The van der Waals surface area contributed by atoms with Crippen molar-refractivity contribution in [3.63, 3.8) is 0 Å². The molecule has 0 aromatic heterocycles. The fraction of sp³-hybridized carbons (Fsp3) is 0.571. The van der Waals surface area contributed by atoms with Gasteiger partial charge in [0, 0.05) is 0 Å². The van der Waals surface area contributed by atoms with Gasteiger partial charge in [-0.2, -0.15) is 0 Å². The molecular formula is C7H13NO2. The number of hydrogen-bond donors (Lipinski definition) is 1. The van der Waals surface area contributed by atoms with E-state index in [1.807, 2.05) is 13.8 Å². The highest BCUT2D eigenvalue weighted by molar-refractivity contribution is 5.69. The van der Waals surface area contributed by atoms with Gasteiger partial charge in [0.25, 0.3) is 0 Å². The van der Waals surface area contributed by atoms with Gasteiger partial charge in [0.1, 0.15) is 6.10 Å². The Kier molecular flexibility index (Phi) is 4.37. The van der Waals surface area contributed by atoms with E-state index in [1.165, 1.54) is 0 Å². The van der Waals surface area contributed by atoms with Gasteiger partial charge in [0.15, 0.2) is 0 Å². The molecule has 1 atom stereocenters. The Morgan fingerprint density at radius 1 is 1.90 bits per heavy atom. The quantitative estimate of drug-likeness (QED) is 0.519. The predicted octanol–water partition coefficient (Wildman–Crippen LogP) is 1.31. The second kappa shape index (κ2) is 4.85. The molecule has 0 aromatic rings. The Labute approximate surface area is 61.1 Å². The fourth-order valence-corrected chi connectivity index (χ4v) is 0.493. The maximum Gasteiger partial charge on any atom is 0.407 e. The lowest BCUT2D eigenvalue weighted by atomic mass is 10.4. The SMILES string of the molecule is C=CC.CC1CNC(=O)O1. The maximum atomic E-state index is 10.1. The number of carbonyl (C=O) groups excluding carboxylic acids is 1. The van der Waals surface area contributed by atoms with Gasteiger partial charge in [-0.3, -0.25) is 0 Å². The van der Waals surface area contributed by atoms with E-state index in [-0.39, 0.29) is 12.2 Å². The third-order valence-corrected chi connectivity index (χ3v) is 0.842. The highest BCUT2D eigenvalue weighted by Crippen LogP contribution is 1.95. The highest BCUT2D eigenvalue weighted by atomic mass is 16.6. The van der Waals surface area contributed by atoms with Crippen LogP contribution in [0.5, 0.6) is 0 Å². The molecule has 0 aromatic carbocycles. The summed E-state index contributed by atoms with van der Waals surface area (Å²) < 4.78 is 4.61. The molecule has 1 aliphatic heterocycles. The van der Waals surface area contributed by atoms with E-state index in [2.05, 4.69) is 16.6 Å². The van der Waals surface area contributed by atoms with Crippen molar-refractivity contribution in [3.8, 4) is 0 Å². The van der Waals surface area contributed by atoms with Crippen LogP contribution in [-0.4, -0.2) is 18.7 Å². The van der Waals surface area contributed by atoms with Crippen LogP contribution in [0, 0.1) is 0 Å². The Morgan fingerprint density at radius 3 is 2.50 bits per heavy atom. The number of allylic oxidation sites excluding steroid dienone is 1. The van der Waals surface area contributed by atoms with Crippen molar-refractivity contribution in [2.45, 2.75) is 20.0 Å². The van der Waals surface area contributed by atoms with Gasteiger partial charge in [-0.1, -0.05) is 6.08 Å². The predicted molar refractivity (Wildman–Crippen MR) is 39.8 cm³/mol. The van der Waals surface area contributed by atoms with E-state index in [4.69, 9.17) is 0 Å². The number of carbonyl (C=O) groups is 1. The standard InChI is InChI=1S/C4H7NO2.C3H6/c1-3-2-5-4(6)7-3;1-3-2/h3H,2H2,1H3,(H,5,6);3H,1H2,2H3. The number of nitrogens with one attached hydrogen (secondary N) is 1. The molecule has 1 unspecified atom stereocenters. The fourth-order valence-electron chi connectivity index (χ4n) is 0.493. The highest BCUT2D eigenvalue weighted by Gasteiger charge is 2.16. The van der Waals surface area contributed by atoms with Gasteiger partial charge < -0.3 is 10.1 Å².